The third-order valence-corrected chi connectivity index (χ3v) is 5.19. The predicted octanol–water partition coefficient (Wildman–Crippen LogP) is 3.78. The molecule has 4 nitrogen and oxygen atoms in total. The molecule has 23 heavy (non-hydrogen) atoms. The molecule has 3 aromatic heterocycles. The minimum Gasteiger partial charge on any atom is -0.352 e. The standard InChI is InChI=1S/C18H18N4S/c1-12-4-3-6-19-18(12)22-7-5-16-15(11-22)8-14(9-21-16)17-10-20-13(2)23-17/h3-4,6,8-10H,5,7,11H2,1-2H3. The molecule has 0 N–H and O–H groups in total. The molecule has 0 fully saturated rings. The van der Waals surface area contributed by atoms with Crippen molar-refractivity contribution in [2.45, 2.75) is 26.8 Å². The van der Waals surface area contributed by atoms with E-state index in [-0.39, 0.29) is 0 Å². The van der Waals surface area contributed by atoms with Gasteiger partial charge >= 0.3 is 0 Å². The Kier molecular flexibility index (Phi) is 3.58. The second kappa shape index (κ2) is 5.74. The van der Waals surface area contributed by atoms with E-state index in [1.54, 1.807) is 11.3 Å². The maximum Gasteiger partial charge on any atom is 0.131 e. The highest BCUT2D eigenvalue weighted by molar-refractivity contribution is 7.15. The summed E-state index contributed by atoms with van der Waals surface area (Å²) in [5, 5.41) is 1.09. The van der Waals surface area contributed by atoms with Crippen LogP contribution in [-0.4, -0.2) is 21.5 Å². The van der Waals surface area contributed by atoms with Gasteiger partial charge in [0.25, 0.3) is 0 Å². The molecule has 0 spiro atoms. The summed E-state index contributed by atoms with van der Waals surface area (Å²) < 4.78 is 0. The van der Waals surface area contributed by atoms with Crippen molar-refractivity contribution in [3.63, 3.8) is 0 Å². The van der Waals surface area contributed by atoms with Crippen molar-refractivity contribution < 1.29 is 0 Å². The summed E-state index contributed by atoms with van der Waals surface area (Å²) in [7, 11) is 0. The van der Waals surface area contributed by atoms with Crippen molar-refractivity contribution in [2.24, 2.45) is 0 Å². The van der Waals surface area contributed by atoms with E-state index >= 15 is 0 Å². The van der Waals surface area contributed by atoms with Crippen molar-refractivity contribution in [1.29, 1.82) is 0 Å². The van der Waals surface area contributed by atoms with E-state index in [0.29, 0.717) is 0 Å². The average molecular weight is 322 g/mol. The number of aromatic nitrogens is 3. The second-order valence-electron chi connectivity index (χ2n) is 5.89. The van der Waals surface area contributed by atoms with Gasteiger partial charge in [0.2, 0.25) is 0 Å². The Morgan fingerprint density at radius 1 is 1.13 bits per heavy atom. The molecule has 0 saturated carbocycles. The molecule has 3 aromatic rings. The maximum absolute atomic E-state index is 4.69. The number of hydrogen-bond acceptors (Lipinski definition) is 5. The van der Waals surface area contributed by atoms with Crippen LogP contribution in [0.2, 0.25) is 0 Å². The van der Waals surface area contributed by atoms with Crippen LogP contribution in [0.1, 0.15) is 21.8 Å². The lowest BCUT2D eigenvalue weighted by Gasteiger charge is -2.30. The Balaban J connectivity index is 1.67. The van der Waals surface area contributed by atoms with Gasteiger partial charge in [-0.15, -0.1) is 11.3 Å². The van der Waals surface area contributed by atoms with Gasteiger partial charge < -0.3 is 4.90 Å². The molecule has 1 aliphatic rings. The Morgan fingerprint density at radius 2 is 2.04 bits per heavy atom. The van der Waals surface area contributed by atoms with E-state index < -0.39 is 0 Å². The first-order chi connectivity index (χ1) is 11.2. The van der Waals surface area contributed by atoms with Gasteiger partial charge in [-0.1, -0.05) is 6.07 Å². The number of thiazole rings is 1. The van der Waals surface area contributed by atoms with Gasteiger partial charge in [0.1, 0.15) is 5.82 Å². The van der Waals surface area contributed by atoms with E-state index in [4.69, 9.17) is 0 Å². The minimum atomic E-state index is 0.867. The zero-order valence-electron chi connectivity index (χ0n) is 13.3. The summed E-state index contributed by atoms with van der Waals surface area (Å²) >= 11 is 1.71. The fourth-order valence-electron chi connectivity index (χ4n) is 3.04. The lowest BCUT2D eigenvalue weighted by atomic mass is 10.0. The van der Waals surface area contributed by atoms with Crippen LogP contribution < -0.4 is 4.90 Å². The molecule has 0 saturated heterocycles. The molecule has 0 amide bonds. The molecule has 0 aromatic carbocycles. The fourth-order valence-corrected chi connectivity index (χ4v) is 3.80. The zero-order valence-corrected chi connectivity index (χ0v) is 14.1. The molecule has 0 atom stereocenters. The number of pyridine rings is 2. The average Bonchev–Trinajstić information content (AvgIpc) is 3.01. The number of nitrogens with zero attached hydrogens (tertiary/aromatic N) is 4. The van der Waals surface area contributed by atoms with Gasteiger partial charge in [-0.2, -0.15) is 0 Å². The van der Waals surface area contributed by atoms with Gasteiger partial charge in [-0.25, -0.2) is 9.97 Å². The molecule has 5 heteroatoms. The molecule has 4 rings (SSSR count). The molecule has 4 heterocycles. The van der Waals surface area contributed by atoms with Crippen molar-refractivity contribution in [3.8, 4) is 10.4 Å². The van der Waals surface area contributed by atoms with E-state index in [2.05, 4.69) is 38.9 Å². The van der Waals surface area contributed by atoms with Gasteiger partial charge in [0.15, 0.2) is 0 Å². The first-order valence-electron chi connectivity index (χ1n) is 7.78. The molecule has 1 aliphatic heterocycles. The Labute approximate surface area is 139 Å². The topological polar surface area (TPSA) is 41.9 Å². The lowest BCUT2D eigenvalue weighted by molar-refractivity contribution is 0.701. The van der Waals surface area contributed by atoms with Crippen LogP contribution in [0, 0.1) is 13.8 Å². The molecule has 0 aliphatic carbocycles. The number of aryl methyl sites for hydroxylation is 2. The minimum absolute atomic E-state index is 0.867. The fraction of sp³-hybridized carbons (Fsp3) is 0.278. The monoisotopic (exact) mass is 322 g/mol. The van der Waals surface area contributed by atoms with E-state index in [0.717, 1.165) is 35.9 Å². The summed E-state index contributed by atoms with van der Waals surface area (Å²) in [5.41, 5.74) is 4.89. The van der Waals surface area contributed by atoms with Crippen molar-refractivity contribution in [1.82, 2.24) is 15.0 Å². The smallest absolute Gasteiger partial charge is 0.131 e. The van der Waals surface area contributed by atoms with Crippen LogP contribution in [0.3, 0.4) is 0 Å². The molecular formula is C18H18N4S. The zero-order chi connectivity index (χ0) is 15.8. The highest BCUT2D eigenvalue weighted by Gasteiger charge is 2.20. The van der Waals surface area contributed by atoms with Crippen LogP contribution in [0.25, 0.3) is 10.4 Å². The van der Waals surface area contributed by atoms with Gasteiger partial charge in [-0.3, -0.25) is 4.98 Å². The quantitative estimate of drug-likeness (QED) is 0.720. The third-order valence-electron chi connectivity index (χ3n) is 4.23. The van der Waals surface area contributed by atoms with Gasteiger partial charge in [-0.05, 0) is 37.1 Å². The Morgan fingerprint density at radius 3 is 2.83 bits per heavy atom. The molecule has 116 valence electrons. The predicted molar refractivity (Wildman–Crippen MR) is 93.8 cm³/mol. The summed E-state index contributed by atoms with van der Waals surface area (Å²) in [6, 6.07) is 6.37. The summed E-state index contributed by atoms with van der Waals surface area (Å²) in [4.78, 5) is 17.1. The van der Waals surface area contributed by atoms with Crippen LogP contribution in [0.15, 0.2) is 36.8 Å². The van der Waals surface area contributed by atoms with Crippen LogP contribution in [-0.2, 0) is 13.0 Å². The highest BCUT2D eigenvalue weighted by atomic mass is 32.1. The maximum atomic E-state index is 4.69. The first kappa shape index (κ1) is 14.3. The number of anilines is 1. The normalized spacial score (nSPS) is 13.9. The van der Waals surface area contributed by atoms with Crippen LogP contribution in [0.4, 0.5) is 5.82 Å². The van der Waals surface area contributed by atoms with Gasteiger partial charge in [0, 0.05) is 49.4 Å². The summed E-state index contributed by atoms with van der Waals surface area (Å²) in [6.07, 6.45) is 6.75. The summed E-state index contributed by atoms with van der Waals surface area (Å²) in [5.74, 6) is 1.08. The second-order valence-corrected chi connectivity index (χ2v) is 7.12. The number of rotatable bonds is 2. The van der Waals surface area contributed by atoms with Crippen molar-refractivity contribution >= 4 is 17.2 Å². The SMILES string of the molecule is Cc1ncc(-c2cnc3c(c2)CN(c2ncccc2C)CC3)s1. The molecule has 0 unspecified atom stereocenters. The third kappa shape index (κ3) is 2.72. The Bertz CT molecular complexity index is 856. The van der Waals surface area contributed by atoms with Gasteiger partial charge in [0.05, 0.1) is 9.88 Å². The molecule has 0 bridgehead atoms. The Hall–Kier alpha value is -2.27. The number of fused-ring (bicyclic) bond motifs is 1. The van der Waals surface area contributed by atoms with E-state index in [9.17, 15) is 0 Å². The van der Waals surface area contributed by atoms with Crippen molar-refractivity contribution in [3.05, 3.63) is 58.6 Å². The van der Waals surface area contributed by atoms with Crippen LogP contribution in [0.5, 0.6) is 0 Å². The highest BCUT2D eigenvalue weighted by Crippen LogP contribution is 2.30. The van der Waals surface area contributed by atoms with E-state index in [1.165, 1.54) is 21.7 Å². The van der Waals surface area contributed by atoms with E-state index in [1.807, 2.05) is 31.6 Å². The first-order valence-corrected chi connectivity index (χ1v) is 8.59. The molecule has 0 radical (unpaired) electrons. The number of hydrogen-bond donors (Lipinski definition) is 0. The summed E-state index contributed by atoms with van der Waals surface area (Å²) in [6.45, 7) is 5.99. The van der Waals surface area contributed by atoms with Crippen molar-refractivity contribution in [2.75, 3.05) is 11.4 Å². The lowest BCUT2D eigenvalue weighted by Crippen LogP contribution is -2.32. The largest absolute Gasteiger partial charge is 0.352 e. The van der Waals surface area contributed by atoms with Crippen LogP contribution >= 0.6 is 11.3 Å². The molecular weight excluding hydrogens is 304 g/mol.